The molecule has 0 saturated heterocycles. The molecule has 2 aromatic heterocycles. The summed E-state index contributed by atoms with van der Waals surface area (Å²) in [7, 11) is 0. The number of benzene rings is 1. The van der Waals surface area contributed by atoms with E-state index in [1.807, 2.05) is 28.1 Å². The number of halogens is 1. The lowest BCUT2D eigenvalue weighted by molar-refractivity contribution is 0.458. The normalized spacial score (nSPS) is 12.0. The van der Waals surface area contributed by atoms with Crippen molar-refractivity contribution in [1.82, 2.24) is 9.38 Å². The van der Waals surface area contributed by atoms with Crippen molar-refractivity contribution in [3.8, 4) is 11.6 Å². The molecular formula is C16H17ClN2OS. The Morgan fingerprint density at radius 1 is 1.33 bits per heavy atom. The van der Waals surface area contributed by atoms with E-state index in [0.717, 1.165) is 16.4 Å². The van der Waals surface area contributed by atoms with Gasteiger partial charge in [-0.25, -0.2) is 0 Å². The number of rotatable bonds is 3. The third-order valence-corrected chi connectivity index (χ3v) is 4.38. The van der Waals surface area contributed by atoms with Crippen LogP contribution in [0.4, 0.5) is 0 Å². The van der Waals surface area contributed by atoms with Crippen LogP contribution in [-0.2, 0) is 11.3 Å². The molecule has 0 atom stereocenters. The zero-order valence-electron chi connectivity index (χ0n) is 12.3. The Morgan fingerprint density at radius 3 is 2.86 bits per heavy atom. The summed E-state index contributed by atoms with van der Waals surface area (Å²) in [6, 6.07) is 8.13. The molecule has 0 aliphatic carbocycles. The average Bonchev–Trinajstić information content (AvgIpc) is 2.98. The molecule has 0 amide bonds. The van der Waals surface area contributed by atoms with Gasteiger partial charge in [0.1, 0.15) is 11.4 Å². The van der Waals surface area contributed by atoms with E-state index in [4.69, 9.17) is 16.3 Å². The van der Waals surface area contributed by atoms with E-state index < -0.39 is 0 Å². The maximum Gasteiger partial charge on any atom is 0.243 e. The second-order valence-electron chi connectivity index (χ2n) is 5.93. The topological polar surface area (TPSA) is 26.5 Å². The van der Waals surface area contributed by atoms with Crippen molar-refractivity contribution in [2.24, 2.45) is 0 Å². The van der Waals surface area contributed by atoms with Gasteiger partial charge in [-0.1, -0.05) is 32.9 Å². The lowest BCUT2D eigenvalue weighted by atomic mass is 9.87. The predicted molar refractivity (Wildman–Crippen MR) is 87.8 cm³/mol. The summed E-state index contributed by atoms with van der Waals surface area (Å²) in [5.74, 6) is 1.74. The Hall–Kier alpha value is -1.52. The largest absolute Gasteiger partial charge is 0.437 e. The number of alkyl halides is 1. The molecule has 21 heavy (non-hydrogen) atoms. The number of fused-ring (bicyclic) bond motifs is 1. The van der Waals surface area contributed by atoms with Crippen LogP contribution in [0.15, 0.2) is 35.8 Å². The number of thiazole rings is 1. The van der Waals surface area contributed by atoms with E-state index in [1.165, 1.54) is 5.56 Å². The molecule has 5 heteroatoms. The summed E-state index contributed by atoms with van der Waals surface area (Å²) in [6.45, 7) is 6.55. The highest BCUT2D eigenvalue weighted by Crippen LogP contribution is 2.31. The van der Waals surface area contributed by atoms with Crippen LogP contribution in [0, 0.1) is 0 Å². The van der Waals surface area contributed by atoms with Crippen LogP contribution in [0.1, 0.15) is 32.0 Å². The Morgan fingerprint density at radius 2 is 2.14 bits per heavy atom. The van der Waals surface area contributed by atoms with Crippen LogP contribution in [0.3, 0.4) is 0 Å². The minimum Gasteiger partial charge on any atom is -0.437 e. The van der Waals surface area contributed by atoms with Gasteiger partial charge in [0.2, 0.25) is 5.88 Å². The van der Waals surface area contributed by atoms with Crippen molar-refractivity contribution < 1.29 is 4.74 Å². The molecule has 110 valence electrons. The average molecular weight is 321 g/mol. The van der Waals surface area contributed by atoms with Gasteiger partial charge in [0.05, 0.1) is 5.88 Å². The summed E-state index contributed by atoms with van der Waals surface area (Å²) < 4.78 is 7.94. The summed E-state index contributed by atoms with van der Waals surface area (Å²) in [4.78, 5) is 5.40. The Labute approximate surface area is 133 Å². The molecule has 0 radical (unpaired) electrons. The number of imidazole rings is 1. The van der Waals surface area contributed by atoms with Gasteiger partial charge in [-0.15, -0.1) is 22.9 Å². The van der Waals surface area contributed by atoms with Gasteiger partial charge in [-0.3, -0.25) is 4.40 Å². The smallest absolute Gasteiger partial charge is 0.243 e. The molecule has 3 nitrogen and oxygen atoms in total. The van der Waals surface area contributed by atoms with Gasteiger partial charge in [0.25, 0.3) is 0 Å². The number of hydrogen-bond donors (Lipinski definition) is 0. The maximum atomic E-state index is 6.04. The highest BCUT2D eigenvalue weighted by atomic mass is 35.5. The zero-order valence-corrected chi connectivity index (χ0v) is 13.8. The summed E-state index contributed by atoms with van der Waals surface area (Å²) >= 11 is 7.61. The van der Waals surface area contributed by atoms with E-state index >= 15 is 0 Å². The monoisotopic (exact) mass is 320 g/mol. The SMILES string of the molecule is CC(C)(C)c1cccc(Oc2nc3sccn3c2CCl)c1. The van der Waals surface area contributed by atoms with Crippen LogP contribution < -0.4 is 4.74 Å². The summed E-state index contributed by atoms with van der Waals surface area (Å²) in [5.41, 5.74) is 2.20. The highest BCUT2D eigenvalue weighted by molar-refractivity contribution is 7.15. The number of hydrogen-bond acceptors (Lipinski definition) is 3. The van der Waals surface area contributed by atoms with Crippen LogP contribution in [0.25, 0.3) is 4.96 Å². The molecular weight excluding hydrogens is 304 g/mol. The van der Waals surface area contributed by atoms with Crippen LogP contribution in [0.2, 0.25) is 0 Å². The van der Waals surface area contributed by atoms with Gasteiger partial charge in [0, 0.05) is 11.6 Å². The fourth-order valence-electron chi connectivity index (χ4n) is 2.15. The Kier molecular flexibility index (Phi) is 3.68. The third-order valence-electron chi connectivity index (χ3n) is 3.37. The van der Waals surface area contributed by atoms with Crippen LogP contribution >= 0.6 is 22.9 Å². The first-order valence-corrected chi connectivity index (χ1v) is 8.19. The van der Waals surface area contributed by atoms with Crippen molar-refractivity contribution >= 4 is 27.9 Å². The highest BCUT2D eigenvalue weighted by Gasteiger charge is 2.17. The van der Waals surface area contributed by atoms with Gasteiger partial charge in [0.15, 0.2) is 4.96 Å². The fraction of sp³-hybridized carbons (Fsp3) is 0.312. The number of nitrogens with zero attached hydrogens (tertiary/aromatic N) is 2. The van der Waals surface area contributed by atoms with Gasteiger partial charge >= 0.3 is 0 Å². The minimum atomic E-state index is 0.0865. The van der Waals surface area contributed by atoms with Crippen molar-refractivity contribution in [2.75, 3.05) is 0 Å². The predicted octanol–water partition coefficient (Wildman–Crippen LogP) is 5.22. The minimum absolute atomic E-state index is 0.0865. The Balaban J connectivity index is 1.97. The van der Waals surface area contributed by atoms with Gasteiger partial charge < -0.3 is 4.74 Å². The summed E-state index contributed by atoms with van der Waals surface area (Å²) in [6.07, 6.45) is 1.96. The first-order valence-electron chi connectivity index (χ1n) is 6.78. The Bertz CT molecular complexity index is 770. The van der Waals surface area contributed by atoms with Crippen molar-refractivity contribution in [2.45, 2.75) is 32.1 Å². The molecule has 0 spiro atoms. The molecule has 2 heterocycles. The van der Waals surface area contributed by atoms with E-state index in [1.54, 1.807) is 11.3 Å². The lowest BCUT2D eigenvalue weighted by Gasteiger charge is -2.19. The number of aromatic nitrogens is 2. The van der Waals surface area contributed by atoms with E-state index in [9.17, 15) is 0 Å². The quantitative estimate of drug-likeness (QED) is 0.618. The third kappa shape index (κ3) is 2.78. The first-order chi connectivity index (χ1) is 9.99. The molecule has 0 N–H and O–H groups in total. The van der Waals surface area contributed by atoms with E-state index in [-0.39, 0.29) is 5.41 Å². The van der Waals surface area contributed by atoms with E-state index in [2.05, 4.69) is 37.9 Å². The van der Waals surface area contributed by atoms with Gasteiger partial charge in [-0.05, 0) is 23.1 Å². The maximum absolute atomic E-state index is 6.04. The molecule has 0 bridgehead atoms. The molecule has 0 aliphatic rings. The van der Waals surface area contributed by atoms with Crippen LogP contribution in [0.5, 0.6) is 11.6 Å². The van der Waals surface area contributed by atoms with Crippen molar-refractivity contribution in [3.05, 3.63) is 47.1 Å². The summed E-state index contributed by atoms with van der Waals surface area (Å²) in [5, 5.41) is 1.99. The second-order valence-corrected chi connectivity index (χ2v) is 7.07. The molecule has 0 unspecified atom stereocenters. The van der Waals surface area contributed by atoms with Crippen molar-refractivity contribution in [3.63, 3.8) is 0 Å². The standard InChI is InChI=1S/C16H17ClN2OS/c1-16(2,3)11-5-4-6-12(9-11)20-14-13(10-17)19-7-8-21-15(19)18-14/h4-9H,10H2,1-3H3. The zero-order chi connectivity index (χ0) is 15.0. The molecule has 3 rings (SSSR count). The second kappa shape index (κ2) is 5.35. The van der Waals surface area contributed by atoms with Crippen LogP contribution in [-0.4, -0.2) is 9.38 Å². The molecule has 3 aromatic rings. The van der Waals surface area contributed by atoms with Crippen molar-refractivity contribution in [1.29, 1.82) is 0 Å². The van der Waals surface area contributed by atoms with E-state index in [0.29, 0.717) is 11.8 Å². The van der Waals surface area contributed by atoms with Gasteiger partial charge in [-0.2, -0.15) is 4.98 Å². The fourth-order valence-corrected chi connectivity index (χ4v) is 3.12. The lowest BCUT2D eigenvalue weighted by Crippen LogP contribution is -2.10. The first kappa shape index (κ1) is 14.4. The molecule has 0 fully saturated rings. The number of ether oxygens (including phenoxy) is 1. The molecule has 0 saturated carbocycles. The molecule has 0 aliphatic heterocycles. The molecule has 1 aromatic carbocycles.